The van der Waals surface area contributed by atoms with Gasteiger partial charge in [0.15, 0.2) is 5.76 Å². The summed E-state index contributed by atoms with van der Waals surface area (Å²) in [7, 11) is 0. The van der Waals surface area contributed by atoms with Gasteiger partial charge in [-0.15, -0.1) is 0 Å². The Kier molecular flexibility index (Phi) is 2.43. The molecule has 3 rings (SSSR count). The molecule has 0 N–H and O–H groups in total. The fourth-order valence-electron chi connectivity index (χ4n) is 1.65. The molecule has 3 nitrogen and oxygen atoms in total. The number of nitrogens with zero attached hydrogens (tertiary/aromatic N) is 2. The Morgan fingerprint density at radius 3 is 2.41 bits per heavy atom. The van der Waals surface area contributed by atoms with Crippen LogP contribution >= 0.6 is 0 Å². The second kappa shape index (κ2) is 4.22. The summed E-state index contributed by atoms with van der Waals surface area (Å²) >= 11 is 0. The summed E-state index contributed by atoms with van der Waals surface area (Å²) in [5, 5.41) is 4.03. The molecule has 0 saturated carbocycles. The fraction of sp³-hybridized carbons (Fsp3) is 0. The van der Waals surface area contributed by atoms with Crippen LogP contribution in [0.4, 0.5) is 0 Å². The van der Waals surface area contributed by atoms with Crippen molar-refractivity contribution in [3.8, 4) is 22.7 Å². The molecule has 0 radical (unpaired) electrons. The molecule has 0 atom stereocenters. The molecule has 0 aliphatic heterocycles. The van der Waals surface area contributed by atoms with Gasteiger partial charge in [0.05, 0.1) is 5.69 Å². The maximum absolute atomic E-state index is 5.32. The Morgan fingerprint density at radius 2 is 1.65 bits per heavy atom. The standard InChI is InChI=1S/C14H10N2O/c1-2-6-11(7-3-1)14-10-13(16-17-14)12-8-4-5-9-15-12/h1-10H. The lowest BCUT2D eigenvalue weighted by Crippen LogP contribution is -1.79. The second-order valence-corrected chi connectivity index (χ2v) is 3.66. The molecule has 2 heterocycles. The van der Waals surface area contributed by atoms with E-state index in [0.29, 0.717) is 0 Å². The van der Waals surface area contributed by atoms with Gasteiger partial charge in [0.1, 0.15) is 5.69 Å². The summed E-state index contributed by atoms with van der Waals surface area (Å²) < 4.78 is 5.32. The van der Waals surface area contributed by atoms with Gasteiger partial charge in [-0.2, -0.15) is 0 Å². The highest BCUT2D eigenvalue weighted by Crippen LogP contribution is 2.24. The molecule has 0 unspecified atom stereocenters. The highest BCUT2D eigenvalue weighted by atomic mass is 16.5. The molecule has 0 aliphatic carbocycles. The third kappa shape index (κ3) is 1.95. The van der Waals surface area contributed by atoms with Crippen LogP contribution < -0.4 is 0 Å². The summed E-state index contributed by atoms with van der Waals surface area (Å²) in [6, 6.07) is 17.5. The molecular weight excluding hydrogens is 212 g/mol. The van der Waals surface area contributed by atoms with Crippen LogP contribution in [0.15, 0.2) is 65.3 Å². The monoisotopic (exact) mass is 222 g/mol. The zero-order valence-corrected chi connectivity index (χ0v) is 9.08. The van der Waals surface area contributed by atoms with Crippen molar-refractivity contribution in [1.82, 2.24) is 10.1 Å². The quantitative estimate of drug-likeness (QED) is 0.667. The molecule has 2 aromatic heterocycles. The highest BCUT2D eigenvalue weighted by Gasteiger charge is 2.08. The van der Waals surface area contributed by atoms with Gasteiger partial charge in [0.2, 0.25) is 0 Å². The van der Waals surface area contributed by atoms with Crippen molar-refractivity contribution in [1.29, 1.82) is 0 Å². The van der Waals surface area contributed by atoms with Crippen LogP contribution in [0.25, 0.3) is 22.7 Å². The van der Waals surface area contributed by atoms with Crippen molar-refractivity contribution in [2.75, 3.05) is 0 Å². The average molecular weight is 222 g/mol. The van der Waals surface area contributed by atoms with Gasteiger partial charge in [0, 0.05) is 17.8 Å². The van der Waals surface area contributed by atoms with Crippen molar-refractivity contribution in [2.45, 2.75) is 0 Å². The van der Waals surface area contributed by atoms with Crippen LogP contribution in [-0.2, 0) is 0 Å². The van der Waals surface area contributed by atoms with Crippen molar-refractivity contribution in [2.24, 2.45) is 0 Å². The largest absolute Gasteiger partial charge is 0.356 e. The van der Waals surface area contributed by atoms with E-state index in [-0.39, 0.29) is 0 Å². The maximum atomic E-state index is 5.32. The topological polar surface area (TPSA) is 38.9 Å². The lowest BCUT2D eigenvalue weighted by Gasteiger charge is -1.92. The normalized spacial score (nSPS) is 10.4. The minimum atomic E-state index is 0.754. The van der Waals surface area contributed by atoms with Crippen LogP contribution in [0, 0.1) is 0 Å². The Morgan fingerprint density at radius 1 is 0.824 bits per heavy atom. The van der Waals surface area contributed by atoms with E-state index in [2.05, 4.69) is 10.1 Å². The summed E-state index contributed by atoms with van der Waals surface area (Å²) in [5.74, 6) is 0.756. The highest BCUT2D eigenvalue weighted by molar-refractivity contribution is 5.64. The first kappa shape index (κ1) is 9.78. The SMILES string of the molecule is c1ccc(-c2cc(-c3ccccn3)no2)cc1. The van der Waals surface area contributed by atoms with Crippen molar-refractivity contribution < 1.29 is 4.52 Å². The molecule has 17 heavy (non-hydrogen) atoms. The van der Waals surface area contributed by atoms with Gasteiger partial charge in [-0.3, -0.25) is 4.98 Å². The minimum Gasteiger partial charge on any atom is -0.356 e. The Hall–Kier alpha value is -2.42. The molecular formula is C14H10N2O. The van der Waals surface area contributed by atoms with E-state index in [4.69, 9.17) is 4.52 Å². The van der Waals surface area contributed by atoms with E-state index < -0.39 is 0 Å². The smallest absolute Gasteiger partial charge is 0.167 e. The number of benzene rings is 1. The predicted molar refractivity (Wildman–Crippen MR) is 65.2 cm³/mol. The van der Waals surface area contributed by atoms with E-state index in [1.165, 1.54) is 0 Å². The van der Waals surface area contributed by atoms with Gasteiger partial charge in [-0.05, 0) is 12.1 Å². The fourth-order valence-corrected chi connectivity index (χ4v) is 1.65. The number of hydrogen-bond donors (Lipinski definition) is 0. The summed E-state index contributed by atoms with van der Waals surface area (Å²) in [6.45, 7) is 0. The van der Waals surface area contributed by atoms with E-state index in [9.17, 15) is 0 Å². The van der Waals surface area contributed by atoms with E-state index in [1.807, 2.05) is 54.6 Å². The first-order valence-corrected chi connectivity index (χ1v) is 5.37. The van der Waals surface area contributed by atoms with Gasteiger partial charge < -0.3 is 4.52 Å². The lowest BCUT2D eigenvalue weighted by molar-refractivity contribution is 0.434. The minimum absolute atomic E-state index is 0.754. The lowest BCUT2D eigenvalue weighted by atomic mass is 10.1. The zero-order valence-electron chi connectivity index (χ0n) is 9.08. The Bertz CT molecular complexity index is 548. The number of pyridine rings is 1. The summed E-state index contributed by atoms with van der Waals surface area (Å²) in [4.78, 5) is 4.23. The van der Waals surface area contributed by atoms with Crippen LogP contribution in [0.5, 0.6) is 0 Å². The van der Waals surface area contributed by atoms with E-state index in [0.717, 1.165) is 22.7 Å². The second-order valence-electron chi connectivity index (χ2n) is 3.66. The maximum Gasteiger partial charge on any atom is 0.167 e. The number of aromatic nitrogens is 2. The molecule has 3 aromatic rings. The van der Waals surface area contributed by atoms with Gasteiger partial charge in [0.25, 0.3) is 0 Å². The van der Waals surface area contributed by atoms with Crippen molar-refractivity contribution in [3.05, 3.63) is 60.8 Å². The first-order chi connectivity index (χ1) is 8.43. The molecule has 3 heteroatoms. The summed E-state index contributed by atoms with van der Waals surface area (Å²) in [5.41, 5.74) is 2.59. The van der Waals surface area contributed by atoms with Gasteiger partial charge >= 0.3 is 0 Å². The van der Waals surface area contributed by atoms with Gasteiger partial charge in [-0.1, -0.05) is 41.6 Å². The third-order valence-corrected chi connectivity index (χ3v) is 2.50. The average Bonchev–Trinajstić information content (AvgIpc) is 2.90. The van der Waals surface area contributed by atoms with Crippen LogP contribution in [-0.4, -0.2) is 10.1 Å². The first-order valence-electron chi connectivity index (χ1n) is 5.37. The molecule has 0 saturated heterocycles. The predicted octanol–water partition coefficient (Wildman–Crippen LogP) is 3.40. The van der Waals surface area contributed by atoms with Crippen LogP contribution in [0.3, 0.4) is 0 Å². The molecule has 0 bridgehead atoms. The zero-order chi connectivity index (χ0) is 11.5. The molecule has 1 aromatic carbocycles. The van der Waals surface area contributed by atoms with Gasteiger partial charge in [-0.25, -0.2) is 0 Å². The van der Waals surface area contributed by atoms with E-state index >= 15 is 0 Å². The van der Waals surface area contributed by atoms with E-state index in [1.54, 1.807) is 6.20 Å². The Balaban J connectivity index is 1.99. The molecule has 82 valence electrons. The number of hydrogen-bond acceptors (Lipinski definition) is 3. The van der Waals surface area contributed by atoms with Crippen molar-refractivity contribution in [3.63, 3.8) is 0 Å². The van der Waals surface area contributed by atoms with Crippen molar-refractivity contribution >= 4 is 0 Å². The Labute approximate surface area is 98.7 Å². The number of rotatable bonds is 2. The molecule has 0 fully saturated rings. The van der Waals surface area contributed by atoms with Crippen LogP contribution in [0.1, 0.15) is 0 Å². The van der Waals surface area contributed by atoms with Crippen LogP contribution in [0.2, 0.25) is 0 Å². The molecule has 0 aliphatic rings. The third-order valence-electron chi connectivity index (χ3n) is 2.50. The molecule has 0 spiro atoms. The molecule has 0 amide bonds. The summed E-state index contributed by atoms with van der Waals surface area (Å²) in [6.07, 6.45) is 1.74.